The number of hydrogen-bond donors (Lipinski definition) is 3. The van der Waals surface area contributed by atoms with Gasteiger partial charge in [0.05, 0.1) is 0 Å². The molecule has 0 aliphatic heterocycles. The third-order valence-corrected chi connectivity index (χ3v) is 3.86. The van der Waals surface area contributed by atoms with E-state index in [2.05, 4.69) is 10.6 Å². The summed E-state index contributed by atoms with van der Waals surface area (Å²) >= 11 is 0. The van der Waals surface area contributed by atoms with Gasteiger partial charge in [-0.3, -0.25) is 9.59 Å². The Balaban J connectivity index is 1.93. The zero-order valence-corrected chi connectivity index (χ0v) is 13.6. The lowest BCUT2D eigenvalue weighted by molar-refractivity contribution is -0.140. The van der Waals surface area contributed by atoms with Gasteiger partial charge in [0.1, 0.15) is 5.54 Å². The van der Waals surface area contributed by atoms with Crippen molar-refractivity contribution >= 4 is 17.8 Å². The normalized spacial score (nSPS) is 15.6. The van der Waals surface area contributed by atoms with Gasteiger partial charge < -0.3 is 15.7 Å². The van der Waals surface area contributed by atoms with Crippen molar-refractivity contribution in [3.8, 4) is 0 Å². The highest BCUT2D eigenvalue weighted by atomic mass is 16.4. The van der Waals surface area contributed by atoms with Crippen molar-refractivity contribution in [1.29, 1.82) is 0 Å². The third-order valence-electron chi connectivity index (χ3n) is 3.86. The highest BCUT2D eigenvalue weighted by Gasteiger charge is 2.51. The molecular formula is C17H22N2O4. The molecule has 2 rings (SSSR count). The first-order valence-corrected chi connectivity index (χ1v) is 7.57. The maximum absolute atomic E-state index is 12.1. The average Bonchev–Trinajstić information content (AvgIpc) is 3.25. The number of rotatable bonds is 5. The van der Waals surface area contributed by atoms with Gasteiger partial charge in [-0.15, -0.1) is 0 Å². The SMILES string of the molecule is CC(C)(C)C(=O)NCc1ccc(C(=O)NC2(C(=O)O)CC2)cc1. The summed E-state index contributed by atoms with van der Waals surface area (Å²) in [7, 11) is 0. The van der Waals surface area contributed by atoms with Crippen molar-refractivity contribution in [2.45, 2.75) is 45.7 Å². The molecule has 124 valence electrons. The molecule has 1 fully saturated rings. The van der Waals surface area contributed by atoms with Gasteiger partial charge in [-0.1, -0.05) is 32.9 Å². The molecule has 23 heavy (non-hydrogen) atoms. The Morgan fingerprint density at radius 2 is 1.70 bits per heavy atom. The molecule has 1 aliphatic rings. The number of carboxylic acid groups (broad SMARTS) is 1. The van der Waals surface area contributed by atoms with E-state index in [1.807, 2.05) is 20.8 Å². The molecule has 6 heteroatoms. The van der Waals surface area contributed by atoms with Gasteiger partial charge in [0.2, 0.25) is 5.91 Å². The highest BCUT2D eigenvalue weighted by Crippen LogP contribution is 2.35. The predicted octanol–water partition coefficient (Wildman–Crippen LogP) is 1.70. The Bertz CT molecular complexity index is 625. The van der Waals surface area contributed by atoms with Crippen LogP contribution in [0.15, 0.2) is 24.3 Å². The van der Waals surface area contributed by atoms with Gasteiger partial charge in [-0.25, -0.2) is 4.79 Å². The molecule has 0 radical (unpaired) electrons. The summed E-state index contributed by atoms with van der Waals surface area (Å²) in [6.07, 6.45) is 0.927. The monoisotopic (exact) mass is 318 g/mol. The van der Waals surface area contributed by atoms with Crippen molar-refractivity contribution in [2.75, 3.05) is 0 Å². The molecule has 0 spiro atoms. The van der Waals surface area contributed by atoms with Crippen LogP contribution in [0.4, 0.5) is 0 Å². The van der Waals surface area contributed by atoms with Crippen LogP contribution in [-0.2, 0) is 16.1 Å². The van der Waals surface area contributed by atoms with Gasteiger partial charge in [0.25, 0.3) is 5.91 Å². The summed E-state index contributed by atoms with van der Waals surface area (Å²) in [5.41, 5.74) is -0.256. The Kier molecular flexibility index (Phi) is 4.45. The van der Waals surface area contributed by atoms with Crippen molar-refractivity contribution in [3.05, 3.63) is 35.4 Å². The zero-order chi connectivity index (χ0) is 17.3. The first kappa shape index (κ1) is 17.0. The zero-order valence-electron chi connectivity index (χ0n) is 13.6. The molecule has 0 aromatic heterocycles. The van der Waals surface area contributed by atoms with Gasteiger partial charge in [-0.05, 0) is 30.5 Å². The number of carbonyl (C=O) groups is 3. The lowest BCUT2D eigenvalue weighted by Crippen LogP contribution is -2.43. The summed E-state index contributed by atoms with van der Waals surface area (Å²) in [4.78, 5) is 35.0. The van der Waals surface area contributed by atoms with E-state index in [9.17, 15) is 14.4 Å². The molecule has 6 nitrogen and oxygen atoms in total. The Hall–Kier alpha value is -2.37. The van der Waals surface area contributed by atoms with E-state index in [1.54, 1.807) is 24.3 Å². The van der Waals surface area contributed by atoms with E-state index in [0.29, 0.717) is 24.9 Å². The van der Waals surface area contributed by atoms with Gasteiger partial charge in [0, 0.05) is 17.5 Å². The number of nitrogens with one attached hydrogen (secondary N) is 2. The minimum absolute atomic E-state index is 0.0450. The molecule has 2 amide bonds. The van der Waals surface area contributed by atoms with Crippen LogP contribution in [0.1, 0.15) is 49.5 Å². The maximum atomic E-state index is 12.1. The Labute approximate surface area is 135 Å². The molecule has 3 N–H and O–H groups in total. The summed E-state index contributed by atoms with van der Waals surface area (Å²) in [5.74, 6) is -1.43. The third kappa shape index (κ3) is 4.09. The topological polar surface area (TPSA) is 95.5 Å². The van der Waals surface area contributed by atoms with E-state index >= 15 is 0 Å². The van der Waals surface area contributed by atoms with E-state index in [1.165, 1.54) is 0 Å². The van der Waals surface area contributed by atoms with E-state index in [-0.39, 0.29) is 5.91 Å². The summed E-state index contributed by atoms with van der Waals surface area (Å²) in [6, 6.07) is 6.76. The second-order valence-electron chi connectivity index (χ2n) is 6.97. The lowest BCUT2D eigenvalue weighted by atomic mass is 9.95. The first-order valence-electron chi connectivity index (χ1n) is 7.57. The molecular weight excluding hydrogens is 296 g/mol. The fraction of sp³-hybridized carbons (Fsp3) is 0.471. The lowest BCUT2D eigenvalue weighted by Gasteiger charge is -2.17. The second kappa shape index (κ2) is 6.02. The first-order chi connectivity index (χ1) is 10.6. The predicted molar refractivity (Wildman–Crippen MR) is 84.8 cm³/mol. The van der Waals surface area contributed by atoms with Crippen LogP contribution < -0.4 is 10.6 Å². The number of benzene rings is 1. The molecule has 1 saturated carbocycles. The molecule has 0 unspecified atom stereocenters. The quantitative estimate of drug-likeness (QED) is 0.770. The van der Waals surface area contributed by atoms with E-state index < -0.39 is 22.8 Å². The maximum Gasteiger partial charge on any atom is 0.329 e. The van der Waals surface area contributed by atoms with Crippen LogP contribution in [-0.4, -0.2) is 28.4 Å². The van der Waals surface area contributed by atoms with Crippen LogP contribution in [0.3, 0.4) is 0 Å². The molecule has 1 aliphatic carbocycles. The molecule has 0 heterocycles. The number of carbonyl (C=O) groups excluding carboxylic acids is 2. The van der Waals surface area contributed by atoms with Crippen molar-refractivity contribution in [2.24, 2.45) is 5.41 Å². The second-order valence-corrected chi connectivity index (χ2v) is 6.97. The van der Waals surface area contributed by atoms with E-state index in [4.69, 9.17) is 5.11 Å². The Morgan fingerprint density at radius 1 is 1.13 bits per heavy atom. The van der Waals surface area contributed by atoms with Gasteiger partial charge >= 0.3 is 5.97 Å². The van der Waals surface area contributed by atoms with E-state index in [0.717, 1.165) is 5.56 Å². The van der Waals surface area contributed by atoms with Crippen LogP contribution in [0.5, 0.6) is 0 Å². The summed E-state index contributed by atoms with van der Waals surface area (Å²) in [5, 5.41) is 14.5. The smallest absolute Gasteiger partial charge is 0.329 e. The van der Waals surface area contributed by atoms with Crippen LogP contribution in [0, 0.1) is 5.41 Å². The van der Waals surface area contributed by atoms with Gasteiger partial charge in [0.15, 0.2) is 0 Å². The number of carboxylic acids is 1. The Morgan fingerprint density at radius 3 is 2.13 bits per heavy atom. The largest absolute Gasteiger partial charge is 0.480 e. The number of hydrogen-bond acceptors (Lipinski definition) is 3. The summed E-state index contributed by atoms with van der Waals surface area (Å²) in [6.45, 7) is 5.90. The van der Waals surface area contributed by atoms with Gasteiger partial charge in [-0.2, -0.15) is 0 Å². The molecule has 0 bridgehead atoms. The fourth-order valence-corrected chi connectivity index (χ4v) is 2.03. The van der Waals surface area contributed by atoms with Crippen molar-refractivity contribution < 1.29 is 19.5 Å². The molecule has 0 atom stereocenters. The molecule has 1 aromatic rings. The van der Waals surface area contributed by atoms with Crippen molar-refractivity contribution in [3.63, 3.8) is 0 Å². The minimum Gasteiger partial charge on any atom is -0.480 e. The highest BCUT2D eigenvalue weighted by molar-refractivity contribution is 5.98. The molecule has 0 saturated heterocycles. The number of aliphatic carboxylic acids is 1. The van der Waals surface area contributed by atoms with Crippen LogP contribution in [0.2, 0.25) is 0 Å². The summed E-state index contributed by atoms with van der Waals surface area (Å²) < 4.78 is 0. The van der Waals surface area contributed by atoms with Crippen LogP contribution >= 0.6 is 0 Å². The average molecular weight is 318 g/mol. The molecule has 1 aromatic carbocycles. The van der Waals surface area contributed by atoms with Crippen LogP contribution in [0.25, 0.3) is 0 Å². The number of amides is 2. The van der Waals surface area contributed by atoms with Crippen molar-refractivity contribution in [1.82, 2.24) is 10.6 Å². The minimum atomic E-state index is -1.09. The fourth-order valence-electron chi connectivity index (χ4n) is 2.03. The standard InChI is InChI=1S/C17H22N2O4/c1-16(2,3)14(21)18-10-11-4-6-12(7-5-11)13(20)19-17(8-9-17)15(22)23/h4-7H,8-10H2,1-3H3,(H,18,21)(H,19,20)(H,22,23).